The van der Waals surface area contributed by atoms with Crippen LogP contribution in [0.25, 0.3) is 0 Å². The Labute approximate surface area is 137 Å². The molecule has 0 aliphatic carbocycles. The molecule has 0 saturated heterocycles. The molecule has 0 aliphatic heterocycles. The molecule has 23 heavy (non-hydrogen) atoms. The summed E-state index contributed by atoms with van der Waals surface area (Å²) in [7, 11) is 0. The summed E-state index contributed by atoms with van der Waals surface area (Å²) in [5.74, 6) is 0. The maximum Gasteiger partial charge on any atom is 0.143 e. The van der Waals surface area contributed by atoms with Crippen LogP contribution in [0.5, 0.6) is 0 Å². The molecule has 0 atom stereocenters. The smallest absolute Gasteiger partial charge is 0.143 e. The zero-order valence-corrected chi connectivity index (χ0v) is 13.0. The molecule has 3 aromatic rings. The Morgan fingerprint density at radius 1 is 0.609 bits per heavy atom. The van der Waals surface area contributed by atoms with Gasteiger partial charge < -0.3 is 0 Å². The first kappa shape index (κ1) is 15.5. The van der Waals surface area contributed by atoms with Crippen molar-refractivity contribution in [1.82, 2.24) is 0 Å². The van der Waals surface area contributed by atoms with Gasteiger partial charge in [0.25, 0.3) is 0 Å². The van der Waals surface area contributed by atoms with Gasteiger partial charge in [-0.1, -0.05) is 91.0 Å². The highest BCUT2D eigenvalue weighted by Crippen LogP contribution is 2.25. The lowest BCUT2D eigenvalue weighted by Crippen LogP contribution is -2.09. The Bertz CT molecular complexity index is 641. The molecule has 0 fully saturated rings. The zero-order valence-electron chi connectivity index (χ0n) is 13.0. The van der Waals surface area contributed by atoms with Crippen molar-refractivity contribution in [2.24, 2.45) is 0 Å². The summed E-state index contributed by atoms with van der Waals surface area (Å²) in [6.07, 6.45) is 0.616. The predicted molar refractivity (Wildman–Crippen MR) is 91.9 cm³/mol. The molecule has 0 heterocycles. The minimum Gasteiger partial charge on any atom is -0.235 e. The van der Waals surface area contributed by atoms with Gasteiger partial charge in [-0.2, -0.15) is 0 Å². The summed E-state index contributed by atoms with van der Waals surface area (Å²) < 4.78 is 0. The number of hydrogen-bond acceptors (Lipinski definition) is 2. The molecule has 0 saturated carbocycles. The quantitative estimate of drug-likeness (QED) is 0.349. The van der Waals surface area contributed by atoms with Crippen molar-refractivity contribution in [3.05, 3.63) is 108 Å². The third kappa shape index (κ3) is 4.52. The molecule has 0 aliphatic rings. The summed E-state index contributed by atoms with van der Waals surface area (Å²) in [6.45, 7) is 0.528. The van der Waals surface area contributed by atoms with E-state index in [4.69, 9.17) is 9.78 Å². The Kier molecular flexibility index (Phi) is 5.57. The van der Waals surface area contributed by atoms with Crippen molar-refractivity contribution >= 4 is 0 Å². The third-order valence-corrected chi connectivity index (χ3v) is 3.69. The van der Waals surface area contributed by atoms with Gasteiger partial charge in [0.15, 0.2) is 0 Å². The standard InChI is InChI=1S/C21H20O2/c1-4-10-18(11-5-1)16-17-22-23-21(19-12-6-2-7-13-19)20-14-8-3-9-15-20/h1-15,21H,16-17H2. The molecule has 0 radical (unpaired) electrons. The summed E-state index contributed by atoms with van der Waals surface area (Å²) in [4.78, 5) is 11.2. The van der Waals surface area contributed by atoms with Gasteiger partial charge in [0, 0.05) is 0 Å². The second-order valence-corrected chi connectivity index (χ2v) is 5.36. The molecule has 116 valence electrons. The van der Waals surface area contributed by atoms with Crippen LogP contribution >= 0.6 is 0 Å². The fraction of sp³-hybridized carbons (Fsp3) is 0.143. The van der Waals surface area contributed by atoms with E-state index in [9.17, 15) is 0 Å². The van der Waals surface area contributed by atoms with Crippen LogP contribution in [0.3, 0.4) is 0 Å². The van der Waals surface area contributed by atoms with Crippen molar-refractivity contribution in [1.29, 1.82) is 0 Å². The lowest BCUT2D eigenvalue weighted by molar-refractivity contribution is -0.317. The van der Waals surface area contributed by atoms with Gasteiger partial charge in [0.05, 0.1) is 6.61 Å². The topological polar surface area (TPSA) is 18.5 Å². The van der Waals surface area contributed by atoms with Crippen molar-refractivity contribution in [2.45, 2.75) is 12.5 Å². The van der Waals surface area contributed by atoms with Crippen molar-refractivity contribution in [3.63, 3.8) is 0 Å². The molecule has 0 spiro atoms. The van der Waals surface area contributed by atoms with E-state index in [1.54, 1.807) is 0 Å². The number of hydrogen-bond donors (Lipinski definition) is 0. The van der Waals surface area contributed by atoms with E-state index in [-0.39, 0.29) is 6.10 Å². The van der Waals surface area contributed by atoms with Crippen molar-refractivity contribution in [3.8, 4) is 0 Å². The highest BCUT2D eigenvalue weighted by molar-refractivity contribution is 5.29. The highest BCUT2D eigenvalue weighted by atomic mass is 17.2. The Balaban J connectivity index is 1.63. The minimum atomic E-state index is -0.215. The van der Waals surface area contributed by atoms with Crippen LogP contribution in [0.15, 0.2) is 91.0 Å². The zero-order chi connectivity index (χ0) is 15.7. The van der Waals surface area contributed by atoms with Crippen LogP contribution in [-0.2, 0) is 16.2 Å². The Morgan fingerprint density at radius 3 is 1.61 bits per heavy atom. The molecular formula is C21H20O2. The molecule has 0 bridgehead atoms. The summed E-state index contributed by atoms with van der Waals surface area (Å²) in [5, 5.41) is 0. The SMILES string of the molecule is c1ccc(CCOOC(c2ccccc2)c2ccccc2)cc1. The Morgan fingerprint density at radius 2 is 1.09 bits per heavy atom. The molecule has 3 aromatic carbocycles. The van der Waals surface area contributed by atoms with Crippen molar-refractivity contribution in [2.75, 3.05) is 6.61 Å². The fourth-order valence-electron chi connectivity index (χ4n) is 2.48. The van der Waals surface area contributed by atoms with E-state index in [2.05, 4.69) is 36.4 Å². The van der Waals surface area contributed by atoms with Crippen LogP contribution in [0.4, 0.5) is 0 Å². The maximum absolute atomic E-state index is 5.74. The first-order valence-corrected chi connectivity index (χ1v) is 7.85. The first-order chi connectivity index (χ1) is 11.4. The predicted octanol–water partition coefficient (Wildman–Crippen LogP) is 4.97. The van der Waals surface area contributed by atoms with Crippen molar-refractivity contribution < 1.29 is 9.78 Å². The molecule has 2 nitrogen and oxygen atoms in total. The van der Waals surface area contributed by atoms with E-state index in [0.29, 0.717) is 6.61 Å². The Hall–Kier alpha value is -2.42. The molecule has 2 heteroatoms. The van der Waals surface area contributed by atoms with Gasteiger partial charge in [-0.25, -0.2) is 9.78 Å². The van der Waals surface area contributed by atoms with Crippen LogP contribution in [0.2, 0.25) is 0 Å². The minimum absolute atomic E-state index is 0.215. The summed E-state index contributed by atoms with van der Waals surface area (Å²) in [5.41, 5.74) is 3.41. The molecule has 0 N–H and O–H groups in total. The average Bonchev–Trinajstić information content (AvgIpc) is 2.64. The average molecular weight is 304 g/mol. The van der Waals surface area contributed by atoms with Gasteiger partial charge in [-0.3, -0.25) is 0 Å². The molecule has 0 unspecified atom stereocenters. The largest absolute Gasteiger partial charge is 0.235 e. The van der Waals surface area contributed by atoms with Gasteiger partial charge in [-0.15, -0.1) is 0 Å². The van der Waals surface area contributed by atoms with Crippen LogP contribution in [0, 0.1) is 0 Å². The molecule has 0 aromatic heterocycles. The second kappa shape index (κ2) is 8.28. The van der Waals surface area contributed by atoms with Crippen LogP contribution < -0.4 is 0 Å². The summed E-state index contributed by atoms with van der Waals surface area (Å²) in [6, 6.07) is 30.5. The lowest BCUT2D eigenvalue weighted by Gasteiger charge is -2.17. The fourth-order valence-corrected chi connectivity index (χ4v) is 2.48. The number of rotatable bonds is 7. The van der Waals surface area contributed by atoms with Crippen LogP contribution in [0.1, 0.15) is 22.8 Å². The van der Waals surface area contributed by atoms with E-state index in [0.717, 1.165) is 17.5 Å². The first-order valence-electron chi connectivity index (χ1n) is 7.85. The summed E-state index contributed by atoms with van der Waals surface area (Å²) >= 11 is 0. The van der Waals surface area contributed by atoms with Gasteiger partial charge in [-0.05, 0) is 23.1 Å². The second-order valence-electron chi connectivity index (χ2n) is 5.36. The number of benzene rings is 3. The van der Waals surface area contributed by atoms with Crippen LogP contribution in [-0.4, -0.2) is 6.61 Å². The monoisotopic (exact) mass is 304 g/mol. The molecule has 0 amide bonds. The van der Waals surface area contributed by atoms with Gasteiger partial charge in [0.1, 0.15) is 6.10 Å². The molecule has 3 rings (SSSR count). The molecular weight excluding hydrogens is 284 g/mol. The highest BCUT2D eigenvalue weighted by Gasteiger charge is 2.15. The van der Waals surface area contributed by atoms with Gasteiger partial charge in [0.2, 0.25) is 0 Å². The normalized spacial score (nSPS) is 10.8. The van der Waals surface area contributed by atoms with E-state index >= 15 is 0 Å². The van der Waals surface area contributed by atoms with E-state index in [1.807, 2.05) is 54.6 Å². The maximum atomic E-state index is 5.74. The van der Waals surface area contributed by atoms with E-state index < -0.39 is 0 Å². The lowest BCUT2D eigenvalue weighted by atomic mass is 10.0. The third-order valence-electron chi connectivity index (χ3n) is 3.69. The van der Waals surface area contributed by atoms with E-state index in [1.165, 1.54) is 5.56 Å². The van der Waals surface area contributed by atoms with Gasteiger partial charge >= 0.3 is 0 Å².